The third kappa shape index (κ3) is 8.79. The number of hydrogen-bond donors (Lipinski definition) is 6. The highest BCUT2D eigenvalue weighted by molar-refractivity contribution is 6.11. The lowest BCUT2D eigenvalue weighted by Gasteiger charge is -2.19. The number of nitrogen functional groups attached to an aromatic ring is 1. The van der Waals surface area contributed by atoms with Gasteiger partial charge in [-0.25, -0.2) is 9.59 Å². The van der Waals surface area contributed by atoms with Crippen molar-refractivity contribution in [1.82, 2.24) is 5.32 Å². The molecule has 0 bridgehead atoms. The molecule has 4 aromatic rings. The van der Waals surface area contributed by atoms with E-state index in [4.69, 9.17) is 15.9 Å². The number of carbonyl (C=O) groups excluding carboxylic acids is 3. The Morgan fingerprint density at radius 2 is 1.41 bits per heavy atom. The summed E-state index contributed by atoms with van der Waals surface area (Å²) in [5.74, 6) is -2.44. The summed E-state index contributed by atoms with van der Waals surface area (Å²) < 4.78 is 5.32. The first-order valence-corrected chi connectivity index (χ1v) is 14.3. The number of carbonyl (C=O) groups is 4. The molecule has 0 saturated heterocycles. The molecule has 4 rings (SSSR count). The number of amides is 3. The average molecular weight is 622 g/mol. The highest BCUT2D eigenvalue weighted by Crippen LogP contribution is 2.32. The molecular formula is C35H35N5O6. The van der Waals surface area contributed by atoms with Gasteiger partial charge < -0.3 is 26.2 Å². The minimum atomic E-state index is -1.31. The summed E-state index contributed by atoms with van der Waals surface area (Å²) in [4.78, 5) is 51.5. The zero-order chi connectivity index (χ0) is 33.4. The monoisotopic (exact) mass is 621 g/mol. The van der Waals surface area contributed by atoms with Crippen LogP contribution in [0.4, 0.5) is 16.2 Å². The molecule has 0 heterocycles. The fraction of sp³-hybridized carbons (Fsp3) is 0.171. The average Bonchev–Trinajstić information content (AvgIpc) is 3.02. The second-order valence-corrected chi connectivity index (χ2v) is 11.7. The Morgan fingerprint density at radius 3 is 2.04 bits per heavy atom. The number of aromatic carboxylic acids is 1. The molecule has 11 heteroatoms. The van der Waals surface area contributed by atoms with Crippen molar-refractivity contribution >= 4 is 41.1 Å². The number of hydrogen-bond acceptors (Lipinski definition) is 6. The van der Waals surface area contributed by atoms with Gasteiger partial charge in [-0.3, -0.25) is 20.3 Å². The molecule has 0 aromatic heterocycles. The maximum atomic E-state index is 13.6. The van der Waals surface area contributed by atoms with Crippen molar-refractivity contribution < 1.29 is 29.0 Å². The third-order valence-corrected chi connectivity index (χ3v) is 6.76. The van der Waals surface area contributed by atoms with Crippen LogP contribution in [-0.4, -0.2) is 41.4 Å². The van der Waals surface area contributed by atoms with E-state index in [1.54, 1.807) is 24.3 Å². The molecular weight excluding hydrogens is 586 g/mol. The Hall–Kier alpha value is -5.97. The van der Waals surface area contributed by atoms with E-state index in [9.17, 15) is 24.3 Å². The van der Waals surface area contributed by atoms with Gasteiger partial charge >= 0.3 is 12.1 Å². The Balaban J connectivity index is 1.69. The van der Waals surface area contributed by atoms with Crippen LogP contribution in [0.3, 0.4) is 0 Å². The van der Waals surface area contributed by atoms with Gasteiger partial charge in [0.05, 0.1) is 5.56 Å². The minimum absolute atomic E-state index is 0.0321. The van der Waals surface area contributed by atoms with E-state index in [0.29, 0.717) is 17.8 Å². The maximum Gasteiger partial charge on any atom is 0.411 e. The largest absolute Gasteiger partial charge is 0.478 e. The Bertz CT molecular complexity index is 1780. The summed E-state index contributed by atoms with van der Waals surface area (Å²) in [7, 11) is 0. The van der Waals surface area contributed by atoms with Crippen molar-refractivity contribution in [3.05, 3.63) is 119 Å². The number of amidine groups is 1. The molecule has 236 valence electrons. The summed E-state index contributed by atoms with van der Waals surface area (Å²) in [6.45, 7) is 6.29. The van der Waals surface area contributed by atoms with Crippen molar-refractivity contribution in [2.75, 3.05) is 17.2 Å². The molecule has 4 aromatic carbocycles. The molecule has 11 nitrogen and oxygen atoms in total. The van der Waals surface area contributed by atoms with Gasteiger partial charge in [-0.15, -0.1) is 0 Å². The molecule has 0 aliphatic carbocycles. The third-order valence-electron chi connectivity index (χ3n) is 6.76. The zero-order valence-electron chi connectivity index (χ0n) is 25.6. The molecule has 0 fully saturated rings. The minimum Gasteiger partial charge on any atom is -0.478 e. The number of rotatable bonds is 10. The molecule has 0 aliphatic rings. The predicted octanol–water partition coefficient (Wildman–Crippen LogP) is 6.11. The molecule has 0 aliphatic heterocycles. The van der Waals surface area contributed by atoms with Gasteiger partial charge in [0.15, 0.2) is 0 Å². The van der Waals surface area contributed by atoms with E-state index >= 15 is 0 Å². The van der Waals surface area contributed by atoms with Gasteiger partial charge in [0.2, 0.25) is 0 Å². The van der Waals surface area contributed by atoms with Gasteiger partial charge in [-0.1, -0.05) is 57.2 Å². The van der Waals surface area contributed by atoms with E-state index in [0.717, 1.165) is 5.56 Å². The second kappa shape index (κ2) is 14.2. The van der Waals surface area contributed by atoms with Crippen LogP contribution in [0.2, 0.25) is 0 Å². The molecule has 0 saturated carbocycles. The molecule has 0 unspecified atom stereocenters. The summed E-state index contributed by atoms with van der Waals surface area (Å²) in [5.41, 5.74) is 7.64. The first kappa shape index (κ1) is 32.9. The van der Waals surface area contributed by atoms with Crippen molar-refractivity contribution in [2.45, 2.75) is 27.4 Å². The van der Waals surface area contributed by atoms with Crippen molar-refractivity contribution in [3.8, 4) is 11.1 Å². The molecule has 7 N–H and O–H groups in total. The van der Waals surface area contributed by atoms with Crippen LogP contribution < -0.4 is 21.7 Å². The molecule has 46 heavy (non-hydrogen) atoms. The Labute approximate surface area is 266 Å². The Kier molecular flexibility index (Phi) is 10.2. The summed E-state index contributed by atoms with van der Waals surface area (Å²) in [6.07, 6.45) is -0.748. The quantitative estimate of drug-likeness (QED) is 0.0911. The number of carboxylic acids is 1. The molecule has 3 amide bonds. The maximum absolute atomic E-state index is 13.6. The lowest BCUT2D eigenvalue weighted by Crippen LogP contribution is -2.32. The smallest absolute Gasteiger partial charge is 0.411 e. The van der Waals surface area contributed by atoms with Crippen LogP contribution in [0, 0.1) is 10.8 Å². The Morgan fingerprint density at radius 1 is 0.761 bits per heavy atom. The van der Waals surface area contributed by atoms with Crippen molar-refractivity contribution in [2.24, 2.45) is 11.1 Å². The summed E-state index contributed by atoms with van der Waals surface area (Å²) >= 11 is 0. The van der Waals surface area contributed by atoms with Gasteiger partial charge in [-0.2, -0.15) is 0 Å². The van der Waals surface area contributed by atoms with Gasteiger partial charge in [0.1, 0.15) is 12.4 Å². The van der Waals surface area contributed by atoms with Crippen LogP contribution >= 0.6 is 0 Å². The van der Waals surface area contributed by atoms with Crippen LogP contribution in [-0.2, 0) is 11.3 Å². The molecule has 0 spiro atoms. The zero-order valence-corrected chi connectivity index (χ0v) is 25.6. The van der Waals surface area contributed by atoms with Crippen LogP contribution in [0.5, 0.6) is 0 Å². The normalized spacial score (nSPS) is 10.8. The first-order valence-electron chi connectivity index (χ1n) is 14.3. The SMILES string of the molecule is CC(C)(C)CNC(=O)c1ccc(-c2cc(NC(=O)OCc3ccccc3)ccc2C(=O)Nc2ccc(C(=N)N)cc2)c(C(=O)O)c1. The standard InChI is InChI=1S/C35H35N5O6/c1-35(2,3)20-38-31(41)23-11-15-26(29(17-23)33(43)44)28-18-25(40-34(45)46-19-21-7-5-4-6-8-21)14-16-27(28)32(42)39-24-12-9-22(10-13-24)30(36)37/h4-18H,19-20H2,1-3H3,(H3,36,37)(H,38,41)(H,39,42)(H,40,45)(H,43,44). The van der Waals surface area contributed by atoms with Gasteiger partial charge in [0.25, 0.3) is 11.8 Å². The predicted molar refractivity (Wildman–Crippen MR) is 176 cm³/mol. The molecule has 0 atom stereocenters. The van der Waals surface area contributed by atoms with E-state index in [1.165, 1.54) is 36.4 Å². The van der Waals surface area contributed by atoms with Crippen LogP contribution in [0.1, 0.15) is 63.0 Å². The van der Waals surface area contributed by atoms with Crippen LogP contribution in [0.15, 0.2) is 91.0 Å². The number of nitrogens with two attached hydrogens (primary N) is 1. The number of nitrogens with one attached hydrogen (secondary N) is 4. The summed E-state index contributed by atoms with van der Waals surface area (Å²) in [5, 5.41) is 25.9. The van der Waals surface area contributed by atoms with E-state index in [-0.39, 0.29) is 51.4 Å². The number of anilines is 2. The number of benzene rings is 4. The molecule has 0 radical (unpaired) electrons. The number of ether oxygens (including phenoxy) is 1. The number of carboxylic acid groups (broad SMARTS) is 1. The van der Waals surface area contributed by atoms with Crippen molar-refractivity contribution in [1.29, 1.82) is 5.41 Å². The first-order chi connectivity index (χ1) is 21.8. The fourth-order valence-corrected chi connectivity index (χ4v) is 4.40. The van der Waals surface area contributed by atoms with E-state index in [1.807, 2.05) is 51.1 Å². The lowest BCUT2D eigenvalue weighted by atomic mass is 9.92. The summed E-state index contributed by atoms with van der Waals surface area (Å²) in [6, 6.07) is 24.1. The lowest BCUT2D eigenvalue weighted by molar-refractivity contribution is 0.0697. The van der Waals surface area contributed by atoms with Crippen LogP contribution in [0.25, 0.3) is 11.1 Å². The van der Waals surface area contributed by atoms with Gasteiger partial charge in [0, 0.05) is 34.6 Å². The van der Waals surface area contributed by atoms with Gasteiger partial charge in [-0.05, 0) is 76.7 Å². The van der Waals surface area contributed by atoms with Crippen molar-refractivity contribution in [3.63, 3.8) is 0 Å². The van der Waals surface area contributed by atoms with E-state index < -0.39 is 23.9 Å². The second-order valence-electron chi connectivity index (χ2n) is 11.7. The highest BCUT2D eigenvalue weighted by atomic mass is 16.5. The fourth-order valence-electron chi connectivity index (χ4n) is 4.40. The topological polar surface area (TPSA) is 184 Å². The van der Waals surface area contributed by atoms with E-state index in [2.05, 4.69) is 16.0 Å². The highest BCUT2D eigenvalue weighted by Gasteiger charge is 2.22.